The smallest absolute Gasteiger partial charge is 0.227 e. The quantitative estimate of drug-likeness (QED) is 0.715. The van der Waals surface area contributed by atoms with Crippen LogP contribution in [0.1, 0.15) is 5.56 Å². The summed E-state index contributed by atoms with van der Waals surface area (Å²) < 4.78 is 7.32. The number of carbonyl (C=O) groups is 1. The lowest BCUT2D eigenvalue weighted by atomic mass is 10.1. The van der Waals surface area contributed by atoms with Gasteiger partial charge in [0.15, 0.2) is 0 Å². The van der Waals surface area contributed by atoms with E-state index < -0.39 is 0 Å². The number of anilines is 1. The van der Waals surface area contributed by atoms with Crippen LogP contribution in [0, 0.1) is 0 Å². The second-order valence-electron chi connectivity index (χ2n) is 7.03. The molecule has 5 heteroatoms. The Kier molecular flexibility index (Phi) is 4.75. The lowest BCUT2D eigenvalue weighted by molar-refractivity contribution is -0.130. The highest BCUT2D eigenvalue weighted by Crippen LogP contribution is 2.23. The minimum atomic E-state index is 0.209. The van der Waals surface area contributed by atoms with E-state index in [-0.39, 0.29) is 5.91 Å². The van der Waals surface area contributed by atoms with Gasteiger partial charge in [-0.05, 0) is 35.9 Å². The first kappa shape index (κ1) is 17.5. The molecule has 4 rings (SSSR count). The van der Waals surface area contributed by atoms with Crippen LogP contribution in [-0.2, 0) is 18.3 Å². The molecule has 2 aromatic carbocycles. The number of hydrogen-bond donors (Lipinski definition) is 0. The van der Waals surface area contributed by atoms with Crippen molar-refractivity contribution in [3.63, 3.8) is 0 Å². The zero-order valence-electron chi connectivity index (χ0n) is 15.9. The molecule has 0 spiro atoms. The summed E-state index contributed by atoms with van der Waals surface area (Å²) in [6.07, 6.45) is 2.54. The van der Waals surface area contributed by atoms with Crippen LogP contribution >= 0.6 is 0 Å². The number of methoxy groups -OCH3 is 1. The maximum atomic E-state index is 12.8. The number of aryl methyl sites for hydroxylation is 1. The number of hydrogen-bond acceptors (Lipinski definition) is 3. The zero-order valence-corrected chi connectivity index (χ0v) is 15.9. The summed E-state index contributed by atoms with van der Waals surface area (Å²) in [6, 6.07) is 16.4. The van der Waals surface area contributed by atoms with Crippen molar-refractivity contribution in [1.82, 2.24) is 9.47 Å². The fraction of sp³-hybridized carbons (Fsp3) is 0.318. The van der Waals surface area contributed by atoms with E-state index in [0.717, 1.165) is 37.5 Å². The van der Waals surface area contributed by atoms with Gasteiger partial charge in [0.05, 0.1) is 13.5 Å². The number of benzene rings is 2. The summed E-state index contributed by atoms with van der Waals surface area (Å²) in [5.41, 5.74) is 3.46. The normalized spacial score (nSPS) is 14.6. The van der Waals surface area contributed by atoms with Crippen molar-refractivity contribution in [1.29, 1.82) is 0 Å². The molecule has 140 valence electrons. The number of nitrogens with zero attached hydrogens (tertiary/aromatic N) is 3. The van der Waals surface area contributed by atoms with E-state index in [2.05, 4.69) is 39.9 Å². The van der Waals surface area contributed by atoms with Crippen LogP contribution in [0.3, 0.4) is 0 Å². The molecule has 0 atom stereocenters. The molecule has 2 heterocycles. The van der Waals surface area contributed by atoms with Crippen molar-refractivity contribution in [3.8, 4) is 5.75 Å². The molecule has 0 bridgehead atoms. The van der Waals surface area contributed by atoms with Gasteiger partial charge in [-0.15, -0.1) is 0 Å². The molecule has 1 fully saturated rings. The molecule has 5 nitrogen and oxygen atoms in total. The number of rotatable bonds is 4. The van der Waals surface area contributed by atoms with Gasteiger partial charge in [-0.1, -0.05) is 18.2 Å². The van der Waals surface area contributed by atoms with Gasteiger partial charge >= 0.3 is 0 Å². The number of amides is 1. The van der Waals surface area contributed by atoms with Crippen LogP contribution in [0.5, 0.6) is 5.75 Å². The Balaban J connectivity index is 1.39. The third-order valence-electron chi connectivity index (χ3n) is 5.39. The van der Waals surface area contributed by atoms with Crippen molar-refractivity contribution in [2.75, 3.05) is 38.2 Å². The summed E-state index contributed by atoms with van der Waals surface area (Å²) in [4.78, 5) is 17.1. The van der Waals surface area contributed by atoms with Crippen LogP contribution in [0.2, 0.25) is 0 Å². The van der Waals surface area contributed by atoms with Crippen LogP contribution < -0.4 is 9.64 Å². The number of ether oxygens (including phenoxy) is 1. The number of piperazine rings is 1. The average Bonchev–Trinajstić information content (AvgIpc) is 3.04. The molecule has 0 radical (unpaired) electrons. The molecular weight excluding hydrogens is 338 g/mol. The summed E-state index contributed by atoms with van der Waals surface area (Å²) in [7, 11) is 3.71. The minimum Gasteiger partial charge on any atom is -0.497 e. The Hall–Kier alpha value is -2.95. The second-order valence-corrected chi connectivity index (χ2v) is 7.03. The van der Waals surface area contributed by atoms with E-state index >= 15 is 0 Å². The van der Waals surface area contributed by atoms with Crippen molar-refractivity contribution in [2.45, 2.75) is 6.42 Å². The predicted molar refractivity (Wildman–Crippen MR) is 108 cm³/mol. The molecule has 0 unspecified atom stereocenters. The highest BCUT2D eigenvalue weighted by Gasteiger charge is 2.22. The average molecular weight is 363 g/mol. The third-order valence-corrected chi connectivity index (χ3v) is 5.39. The Bertz CT molecular complexity index is 938. The fourth-order valence-electron chi connectivity index (χ4n) is 3.85. The highest BCUT2D eigenvalue weighted by atomic mass is 16.5. The van der Waals surface area contributed by atoms with Crippen LogP contribution in [0.25, 0.3) is 10.9 Å². The maximum absolute atomic E-state index is 12.8. The first-order chi connectivity index (χ1) is 13.2. The molecule has 1 amide bonds. The largest absolute Gasteiger partial charge is 0.497 e. The number of para-hydroxylation sites is 1. The van der Waals surface area contributed by atoms with E-state index in [1.807, 2.05) is 36.2 Å². The molecule has 1 aliphatic heterocycles. The molecule has 1 aromatic heterocycles. The number of carbonyl (C=O) groups excluding carboxylic acids is 1. The molecule has 0 N–H and O–H groups in total. The monoisotopic (exact) mass is 363 g/mol. The lowest BCUT2D eigenvalue weighted by Gasteiger charge is -2.36. The van der Waals surface area contributed by atoms with Gasteiger partial charge in [0, 0.05) is 56.0 Å². The predicted octanol–water partition coefficient (Wildman–Crippen LogP) is 3.08. The maximum Gasteiger partial charge on any atom is 0.227 e. The van der Waals surface area contributed by atoms with E-state index in [1.165, 1.54) is 16.6 Å². The highest BCUT2D eigenvalue weighted by molar-refractivity contribution is 5.89. The zero-order chi connectivity index (χ0) is 18.8. The van der Waals surface area contributed by atoms with Crippen molar-refractivity contribution >= 4 is 22.5 Å². The van der Waals surface area contributed by atoms with E-state index in [1.54, 1.807) is 7.11 Å². The Morgan fingerprint density at radius 2 is 1.70 bits per heavy atom. The van der Waals surface area contributed by atoms with Gasteiger partial charge in [-0.25, -0.2) is 0 Å². The van der Waals surface area contributed by atoms with Gasteiger partial charge < -0.3 is 19.1 Å². The Morgan fingerprint density at radius 3 is 2.41 bits per heavy atom. The minimum absolute atomic E-state index is 0.209. The van der Waals surface area contributed by atoms with E-state index in [0.29, 0.717) is 6.42 Å². The summed E-state index contributed by atoms with van der Waals surface area (Å²) in [5.74, 6) is 1.07. The SMILES string of the molecule is COc1ccc(N2CCN(C(=O)Cc3cn(C)c4ccccc34)CC2)cc1. The Labute approximate surface area is 159 Å². The van der Waals surface area contributed by atoms with Crippen molar-refractivity contribution in [2.24, 2.45) is 7.05 Å². The van der Waals surface area contributed by atoms with Gasteiger partial charge in [0.1, 0.15) is 5.75 Å². The molecular formula is C22H25N3O2. The fourth-order valence-corrected chi connectivity index (χ4v) is 3.85. The van der Waals surface area contributed by atoms with Crippen molar-refractivity contribution < 1.29 is 9.53 Å². The van der Waals surface area contributed by atoms with E-state index in [9.17, 15) is 4.79 Å². The molecule has 3 aromatic rings. The molecule has 1 aliphatic rings. The summed E-state index contributed by atoms with van der Waals surface area (Å²) >= 11 is 0. The number of fused-ring (bicyclic) bond motifs is 1. The third kappa shape index (κ3) is 3.50. The van der Waals surface area contributed by atoms with Crippen LogP contribution in [0.15, 0.2) is 54.7 Å². The van der Waals surface area contributed by atoms with Crippen molar-refractivity contribution in [3.05, 3.63) is 60.3 Å². The molecule has 27 heavy (non-hydrogen) atoms. The van der Waals surface area contributed by atoms with Crippen LogP contribution in [-0.4, -0.2) is 48.7 Å². The first-order valence-electron chi connectivity index (χ1n) is 9.35. The first-order valence-corrected chi connectivity index (χ1v) is 9.35. The van der Waals surface area contributed by atoms with Gasteiger partial charge in [-0.3, -0.25) is 4.79 Å². The molecule has 0 saturated carbocycles. The Morgan fingerprint density at radius 1 is 1.00 bits per heavy atom. The van der Waals surface area contributed by atoms with Gasteiger partial charge in [0.25, 0.3) is 0 Å². The van der Waals surface area contributed by atoms with Gasteiger partial charge in [0.2, 0.25) is 5.91 Å². The standard InChI is InChI=1S/C22H25N3O2/c1-23-16-17(20-5-3-4-6-21(20)23)15-22(26)25-13-11-24(12-14-25)18-7-9-19(27-2)10-8-18/h3-10,16H,11-15H2,1-2H3. The van der Waals surface area contributed by atoms with Crippen LogP contribution in [0.4, 0.5) is 5.69 Å². The lowest BCUT2D eigenvalue weighted by Crippen LogP contribution is -2.49. The summed E-state index contributed by atoms with van der Waals surface area (Å²) in [5, 5.41) is 1.17. The summed E-state index contributed by atoms with van der Waals surface area (Å²) in [6.45, 7) is 3.23. The van der Waals surface area contributed by atoms with Gasteiger partial charge in [-0.2, -0.15) is 0 Å². The topological polar surface area (TPSA) is 37.7 Å². The number of aromatic nitrogens is 1. The molecule has 1 saturated heterocycles. The second kappa shape index (κ2) is 7.35. The molecule has 0 aliphatic carbocycles. The van der Waals surface area contributed by atoms with E-state index in [4.69, 9.17) is 4.74 Å².